The van der Waals surface area contributed by atoms with Gasteiger partial charge in [0.25, 0.3) is 10.2 Å². The summed E-state index contributed by atoms with van der Waals surface area (Å²) in [6.07, 6.45) is 3.00. The van der Waals surface area contributed by atoms with Gasteiger partial charge < -0.3 is 5.32 Å². The lowest BCUT2D eigenvalue weighted by Gasteiger charge is -2.36. The molecule has 0 aromatic rings. The van der Waals surface area contributed by atoms with Crippen molar-refractivity contribution < 1.29 is 8.42 Å². The lowest BCUT2D eigenvalue weighted by Crippen LogP contribution is -2.55. The van der Waals surface area contributed by atoms with Crippen LogP contribution in [-0.4, -0.2) is 43.9 Å². The van der Waals surface area contributed by atoms with Crippen LogP contribution in [0.25, 0.3) is 0 Å². The van der Waals surface area contributed by atoms with Crippen molar-refractivity contribution in [1.82, 2.24) is 14.3 Å². The van der Waals surface area contributed by atoms with Crippen molar-refractivity contribution in [2.24, 2.45) is 0 Å². The van der Waals surface area contributed by atoms with Gasteiger partial charge in [0.1, 0.15) is 0 Å². The topological polar surface area (TPSA) is 61.4 Å². The Labute approximate surface area is 112 Å². The summed E-state index contributed by atoms with van der Waals surface area (Å²) >= 11 is 0. The minimum absolute atomic E-state index is 0.0820. The first-order valence-electron chi connectivity index (χ1n) is 6.78. The van der Waals surface area contributed by atoms with E-state index in [2.05, 4.69) is 10.0 Å². The first kappa shape index (κ1) is 15.9. The number of hydrogen-bond acceptors (Lipinski definition) is 3. The average Bonchev–Trinajstić information content (AvgIpc) is 2.23. The molecule has 1 fully saturated rings. The second kappa shape index (κ2) is 6.32. The highest BCUT2D eigenvalue weighted by Gasteiger charge is 2.34. The Morgan fingerprint density at radius 2 is 1.94 bits per heavy atom. The molecule has 6 heteroatoms. The van der Waals surface area contributed by atoms with Crippen LogP contribution in [0, 0.1) is 0 Å². The van der Waals surface area contributed by atoms with E-state index in [9.17, 15) is 8.42 Å². The van der Waals surface area contributed by atoms with Crippen molar-refractivity contribution in [3.63, 3.8) is 0 Å². The number of likely N-dealkylation sites (N-methyl/N-ethyl adjacent to an activating group) is 1. The van der Waals surface area contributed by atoms with Crippen molar-refractivity contribution in [2.75, 3.05) is 19.6 Å². The molecular weight excluding hydrogens is 250 g/mol. The van der Waals surface area contributed by atoms with Crippen LogP contribution in [0.2, 0.25) is 0 Å². The third-order valence-corrected chi connectivity index (χ3v) is 4.92. The van der Waals surface area contributed by atoms with Gasteiger partial charge >= 0.3 is 0 Å². The molecule has 0 amide bonds. The number of hydrogen-bond donors (Lipinski definition) is 2. The normalized spacial score (nSPS) is 23.2. The predicted molar refractivity (Wildman–Crippen MR) is 74.7 cm³/mol. The van der Waals surface area contributed by atoms with E-state index in [0.717, 1.165) is 32.4 Å². The molecule has 0 aromatic carbocycles. The van der Waals surface area contributed by atoms with Crippen LogP contribution < -0.4 is 10.0 Å². The van der Waals surface area contributed by atoms with Crippen LogP contribution in [0.15, 0.2) is 0 Å². The number of nitrogens with zero attached hydrogens (tertiary/aromatic N) is 1. The van der Waals surface area contributed by atoms with E-state index in [1.54, 1.807) is 4.31 Å². The molecule has 108 valence electrons. The Bertz CT molecular complexity index is 349. The molecule has 1 aliphatic rings. The average molecular weight is 277 g/mol. The molecule has 2 N–H and O–H groups in total. The Morgan fingerprint density at radius 1 is 1.28 bits per heavy atom. The highest BCUT2D eigenvalue weighted by molar-refractivity contribution is 7.87. The second-order valence-corrected chi connectivity index (χ2v) is 7.55. The first-order valence-corrected chi connectivity index (χ1v) is 8.22. The molecule has 0 aromatic heterocycles. The quantitative estimate of drug-likeness (QED) is 0.790. The summed E-state index contributed by atoms with van der Waals surface area (Å²) in [4.78, 5) is 0. The third-order valence-electron chi connectivity index (χ3n) is 2.95. The van der Waals surface area contributed by atoms with Gasteiger partial charge in [-0.05, 0) is 40.2 Å². The maximum atomic E-state index is 12.4. The largest absolute Gasteiger partial charge is 0.315 e. The number of nitrogens with one attached hydrogen (secondary N) is 2. The number of rotatable bonds is 5. The minimum Gasteiger partial charge on any atom is -0.315 e. The van der Waals surface area contributed by atoms with Crippen LogP contribution in [0.1, 0.15) is 47.0 Å². The fraction of sp³-hybridized carbons (Fsp3) is 1.00. The molecule has 5 nitrogen and oxygen atoms in total. The summed E-state index contributed by atoms with van der Waals surface area (Å²) in [7, 11) is -3.38. The van der Waals surface area contributed by atoms with Gasteiger partial charge in [0.15, 0.2) is 0 Å². The Hall–Kier alpha value is -0.170. The fourth-order valence-corrected chi connectivity index (χ4v) is 4.08. The lowest BCUT2D eigenvalue weighted by molar-refractivity contribution is 0.240. The van der Waals surface area contributed by atoms with Crippen molar-refractivity contribution in [1.29, 1.82) is 0 Å². The van der Waals surface area contributed by atoms with Gasteiger partial charge in [-0.2, -0.15) is 17.4 Å². The minimum atomic E-state index is -3.38. The Morgan fingerprint density at radius 3 is 2.50 bits per heavy atom. The maximum Gasteiger partial charge on any atom is 0.280 e. The summed E-state index contributed by atoms with van der Waals surface area (Å²) in [5.41, 5.74) is -0.432. The first-order chi connectivity index (χ1) is 8.26. The highest BCUT2D eigenvalue weighted by Crippen LogP contribution is 2.20. The monoisotopic (exact) mass is 277 g/mol. The standard InChI is InChI=1S/C12H27N3O2S/c1-5-13-10-11-8-6-7-9-15(11)18(16,17)14-12(2,3)4/h11,13-14H,5-10H2,1-4H3. The van der Waals surface area contributed by atoms with Crippen molar-refractivity contribution in [3.05, 3.63) is 0 Å². The van der Waals surface area contributed by atoms with Gasteiger partial charge in [-0.3, -0.25) is 0 Å². The molecule has 0 saturated carbocycles. The van der Waals surface area contributed by atoms with Crippen LogP contribution in [-0.2, 0) is 10.2 Å². The zero-order valence-electron chi connectivity index (χ0n) is 12.0. The van der Waals surface area contributed by atoms with Crippen LogP contribution >= 0.6 is 0 Å². The van der Waals surface area contributed by atoms with Gasteiger partial charge in [-0.1, -0.05) is 13.3 Å². The fourth-order valence-electron chi connectivity index (χ4n) is 2.25. The molecule has 0 spiro atoms. The maximum absolute atomic E-state index is 12.4. The predicted octanol–water partition coefficient (Wildman–Crippen LogP) is 1.08. The van der Waals surface area contributed by atoms with Gasteiger partial charge in [-0.25, -0.2) is 0 Å². The van der Waals surface area contributed by atoms with Gasteiger partial charge in [0.2, 0.25) is 0 Å². The summed E-state index contributed by atoms with van der Waals surface area (Å²) in [5, 5.41) is 3.25. The summed E-state index contributed by atoms with van der Waals surface area (Å²) in [6.45, 7) is 9.88. The molecule has 0 bridgehead atoms. The van der Waals surface area contributed by atoms with E-state index >= 15 is 0 Å². The summed E-state index contributed by atoms with van der Waals surface area (Å²) in [6, 6.07) is 0.0820. The van der Waals surface area contributed by atoms with Crippen molar-refractivity contribution in [2.45, 2.75) is 58.5 Å². The SMILES string of the molecule is CCNCC1CCCCN1S(=O)(=O)NC(C)(C)C. The zero-order chi connectivity index (χ0) is 13.8. The van der Waals surface area contributed by atoms with Crippen LogP contribution in [0.4, 0.5) is 0 Å². The Kier molecular flexibility index (Phi) is 5.58. The van der Waals surface area contributed by atoms with E-state index in [1.807, 2.05) is 27.7 Å². The molecule has 1 atom stereocenters. The second-order valence-electron chi connectivity index (χ2n) is 5.93. The van der Waals surface area contributed by atoms with Crippen LogP contribution in [0.3, 0.4) is 0 Å². The molecule has 0 radical (unpaired) electrons. The van der Waals surface area contributed by atoms with Gasteiger partial charge in [0.05, 0.1) is 0 Å². The molecule has 1 aliphatic heterocycles. The van der Waals surface area contributed by atoms with E-state index < -0.39 is 15.7 Å². The molecule has 1 rings (SSSR count). The van der Waals surface area contributed by atoms with Gasteiger partial charge in [0, 0.05) is 24.7 Å². The highest BCUT2D eigenvalue weighted by atomic mass is 32.2. The molecule has 1 heterocycles. The summed E-state index contributed by atoms with van der Waals surface area (Å²) < 4.78 is 29.1. The van der Waals surface area contributed by atoms with E-state index in [1.165, 1.54) is 0 Å². The van der Waals surface area contributed by atoms with Crippen LogP contribution in [0.5, 0.6) is 0 Å². The Balaban J connectivity index is 2.76. The summed E-state index contributed by atoms with van der Waals surface area (Å²) in [5.74, 6) is 0. The molecular formula is C12H27N3O2S. The third kappa shape index (κ3) is 4.84. The zero-order valence-corrected chi connectivity index (χ0v) is 12.8. The van der Waals surface area contributed by atoms with Crippen molar-refractivity contribution >= 4 is 10.2 Å². The van der Waals surface area contributed by atoms with Crippen molar-refractivity contribution in [3.8, 4) is 0 Å². The molecule has 1 saturated heterocycles. The van der Waals surface area contributed by atoms with E-state index in [0.29, 0.717) is 6.54 Å². The number of piperidine rings is 1. The van der Waals surface area contributed by atoms with Gasteiger partial charge in [-0.15, -0.1) is 0 Å². The molecule has 0 aliphatic carbocycles. The molecule has 18 heavy (non-hydrogen) atoms. The molecule has 1 unspecified atom stereocenters. The lowest BCUT2D eigenvalue weighted by atomic mass is 10.1. The van der Waals surface area contributed by atoms with E-state index in [-0.39, 0.29) is 6.04 Å². The smallest absolute Gasteiger partial charge is 0.280 e. The van der Waals surface area contributed by atoms with E-state index in [4.69, 9.17) is 0 Å².